The van der Waals surface area contributed by atoms with Crippen molar-refractivity contribution in [1.29, 1.82) is 0 Å². The van der Waals surface area contributed by atoms with Gasteiger partial charge in [-0.1, -0.05) is 78.0 Å². The van der Waals surface area contributed by atoms with Crippen LogP contribution < -0.4 is 19.2 Å². The third-order valence-corrected chi connectivity index (χ3v) is 15.2. The Hall–Kier alpha value is -3.48. The number of anilines is 1. The van der Waals surface area contributed by atoms with E-state index in [0.29, 0.717) is 22.4 Å². The van der Waals surface area contributed by atoms with Crippen LogP contribution in [0.1, 0.15) is 84.6 Å². The van der Waals surface area contributed by atoms with Gasteiger partial charge in [0, 0.05) is 22.4 Å². The first-order valence-corrected chi connectivity index (χ1v) is 17.6. The standard InChI is InChI=1S/C37H47NO4Si/c1-22(2)43(23(3)4,24(5)6)42-31-18-17-30-35(36(31)40-10)28-15-16-29-33(25(7)20-37(8,9)38-29)34(28)32(41-30)19-26-13-11-12-14-27(26)21-39/h11-20,22-24,38-39H,21H2,1-10H3/b32-19-. The molecule has 2 aliphatic heterocycles. The fraction of sp³-hybridized carbons (Fsp3) is 0.405. The summed E-state index contributed by atoms with van der Waals surface area (Å²) in [5.41, 5.74) is 9.17. The van der Waals surface area contributed by atoms with Gasteiger partial charge in [0.05, 0.1) is 24.8 Å². The number of hydrogen-bond donors (Lipinski definition) is 2. The van der Waals surface area contributed by atoms with Crippen molar-refractivity contribution < 1.29 is 19.0 Å². The molecule has 3 aromatic carbocycles. The second-order valence-electron chi connectivity index (χ2n) is 13.4. The first-order chi connectivity index (χ1) is 20.3. The zero-order valence-corrected chi connectivity index (χ0v) is 28.4. The average Bonchev–Trinajstić information content (AvgIpc) is 2.94. The number of allylic oxidation sites excluding steroid dienone is 1. The Morgan fingerprint density at radius 2 is 1.58 bits per heavy atom. The Labute approximate surface area is 258 Å². The van der Waals surface area contributed by atoms with E-state index in [-0.39, 0.29) is 12.1 Å². The van der Waals surface area contributed by atoms with Gasteiger partial charge in [0.15, 0.2) is 5.75 Å². The van der Waals surface area contributed by atoms with Crippen LogP contribution in [0.3, 0.4) is 0 Å². The van der Waals surface area contributed by atoms with Crippen LogP contribution in [-0.2, 0) is 6.61 Å². The third kappa shape index (κ3) is 5.29. The normalized spacial score (nSPS) is 16.3. The predicted octanol–water partition coefficient (Wildman–Crippen LogP) is 9.91. The van der Waals surface area contributed by atoms with Crippen LogP contribution in [0.25, 0.3) is 28.5 Å². The molecule has 0 radical (unpaired) electrons. The molecule has 2 aliphatic rings. The smallest absolute Gasteiger partial charge is 0.258 e. The summed E-state index contributed by atoms with van der Waals surface area (Å²) in [5, 5.41) is 13.8. The number of ether oxygens (including phenoxy) is 2. The van der Waals surface area contributed by atoms with E-state index in [1.54, 1.807) is 7.11 Å². The highest BCUT2D eigenvalue weighted by molar-refractivity contribution is 6.78. The Kier molecular flexibility index (Phi) is 8.31. The van der Waals surface area contributed by atoms with Crippen LogP contribution in [0.5, 0.6) is 17.2 Å². The fourth-order valence-electron chi connectivity index (χ4n) is 7.52. The highest BCUT2D eigenvalue weighted by Crippen LogP contribution is 2.55. The second kappa shape index (κ2) is 11.5. The molecular formula is C37H47NO4Si. The molecular weight excluding hydrogens is 550 g/mol. The lowest BCUT2D eigenvalue weighted by atomic mass is 9.82. The van der Waals surface area contributed by atoms with Gasteiger partial charge in [-0.15, -0.1) is 0 Å². The lowest BCUT2D eigenvalue weighted by Crippen LogP contribution is -2.50. The molecule has 0 bridgehead atoms. The molecule has 0 saturated carbocycles. The van der Waals surface area contributed by atoms with Crippen molar-refractivity contribution in [1.82, 2.24) is 0 Å². The zero-order chi connectivity index (χ0) is 31.3. The molecule has 228 valence electrons. The van der Waals surface area contributed by atoms with Crippen molar-refractivity contribution >= 4 is 31.4 Å². The van der Waals surface area contributed by atoms with Crippen molar-refractivity contribution in [2.45, 2.75) is 91.1 Å². The average molecular weight is 598 g/mol. The lowest BCUT2D eigenvalue weighted by molar-refractivity contribution is 0.281. The molecule has 2 heterocycles. The molecule has 6 heteroatoms. The molecule has 43 heavy (non-hydrogen) atoms. The SMILES string of the molecule is COc1c(O[Si](C(C)C)(C(C)C)C(C)C)ccc2c1-c1ccc3c(c1/C(=C/c1ccccc1CO)O2)C(C)=CC(C)(C)N3. The molecule has 0 aromatic heterocycles. The van der Waals surface area contributed by atoms with Crippen LogP contribution in [0.15, 0.2) is 54.6 Å². The number of aliphatic hydroxyl groups excluding tert-OH is 1. The van der Waals surface area contributed by atoms with E-state index in [1.165, 1.54) is 5.57 Å². The molecule has 0 atom stereocenters. The summed E-state index contributed by atoms with van der Waals surface area (Å²) >= 11 is 0. The largest absolute Gasteiger partial charge is 0.540 e. The number of aliphatic hydroxyl groups is 1. The zero-order valence-electron chi connectivity index (χ0n) is 27.4. The summed E-state index contributed by atoms with van der Waals surface area (Å²) < 4.78 is 20.2. The van der Waals surface area contributed by atoms with Gasteiger partial charge in [-0.25, -0.2) is 0 Å². The molecule has 0 spiro atoms. The molecule has 5 rings (SSSR count). The van der Waals surface area contributed by atoms with Gasteiger partial charge in [-0.05, 0) is 78.4 Å². The number of methoxy groups -OCH3 is 1. The number of hydrogen-bond acceptors (Lipinski definition) is 5. The predicted molar refractivity (Wildman–Crippen MR) is 182 cm³/mol. The van der Waals surface area contributed by atoms with Gasteiger partial charge >= 0.3 is 0 Å². The van der Waals surface area contributed by atoms with Crippen LogP contribution in [0, 0.1) is 0 Å². The first kappa shape index (κ1) is 31.0. The van der Waals surface area contributed by atoms with Crippen LogP contribution in [0.4, 0.5) is 5.69 Å². The van der Waals surface area contributed by atoms with Crippen LogP contribution >= 0.6 is 0 Å². The number of nitrogens with one attached hydrogen (secondary N) is 1. The number of rotatable bonds is 8. The van der Waals surface area contributed by atoms with Gasteiger partial charge in [-0.2, -0.15) is 0 Å². The summed E-state index contributed by atoms with van der Waals surface area (Å²) in [6.07, 6.45) is 4.32. The third-order valence-electron chi connectivity index (χ3n) is 9.16. The highest BCUT2D eigenvalue weighted by atomic mass is 28.4. The monoisotopic (exact) mass is 597 g/mol. The molecule has 3 aromatic rings. The Bertz CT molecular complexity index is 1580. The number of benzene rings is 3. The highest BCUT2D eigenvalue weighted by Gasteiger charge is 2.48. The first-order valence-electron chi connectivity index (χ1n) is 15.5. The molecule has 0 aliphatic carbocycles. The molecule has 0 fully saturated rings. The van der Waals surface area contributed by atoms with Gasteiger partial charge in [0.1, 0.15) is 17.3 Å². The van der Waals surface area contributed by atoms with Crippen LogP contribution in [-0.4, -0.2) is 26.1 Å². The van der Waals surface area contributed by atoms with Crippen molar-refractivity contribution in [3.05, 3.63) is 76.9 Å². The van der Waals surface area contributed by atoms with Gasteiger partial charge < -0.3 is 24.3 Å². The molecule has 5 nitrogen and oxygen atoms in total. The van der Waals surface area contributed by atoms with E-state index in [2.05, 4.69) is 85.8 Å². The second-order valence-corrected chi connectivity index (χ2v) is 18.8. The maximum Gasteiger partial charge on any atom is 0.258 e. The molecule has 0 amide bonds. The number of fused-ring (bicyclic) bond motifs is 5. The van der Waals surface area contributed by atoms with Crippen molar-refractivity contribution in [3.8, 4) is 28.4 Å². The van der Waals surface area contributed by atoms with E-state index in [9.17, 15) is 5.11 Å². The summed E-state index contributed by atoms with van der Waals surface area (Å²) in [6, 6.07) is 16.3. The minimum atomic E-state index is -2.25. The summed E-state index contributed by atoms with van der Waals surface area (Å²) in [4.78, 5) is 0. The van der Waals surface area contributed by atoms with Crippen molar-refractivity contribution in [2.75, 3.05) is 12.4 Å². The Morgan fingerprint density at radius 3 is 2.21 bits per heavy atom. The van der Waals surface area contributed by atoms with E-state index >= 15 is 0 Å². The quantitative estimate of drug-likeness (QED) is 0.253. The van der Waals surface area contributed by atoms with E-state index in [1.807, 2.05) is 42.5 Å². The molecule has 0 unspecified atom stereocenters. The fourth-order valence-corrected chi connectivity index (χ4v) is 12.8. The van der Waals surface area contributed by atoms with Gasteiger partial charge in [0.25, 0.3) is 8.32 Å². The molecule has 0 saturated heterocycles. The van der Waals surface area contributed by atoms with Crippen molar-refractivity contribution in [3.63, 3.8) is 0 Å². The van der Waals surface area contributed by atoms with Crippen molar-refractivity contribution in [2.24, 2.45) is 0 Å². The van der Waals surface area contributed by atoms with E-state index < -0.39 is 8.32 Å². The minimum absolute atomic E-state index is 0.0489. The van der Waals surface area contributed by atoms with Gasteiger partial charge in [-0.3, -0.25) is 0 Å². The summed E-state index contributed by atoms with van der Waals surface area (Å²) in [5.74, 6) is 2.94. The maximum absolute atomic E-state index is 10.1. The Balaban J connectivity index is 1.79. The minimum Gasteiger partial charge on any atom is -0.540 e. The Morgan fingerprint density at radius 1 is 0.907 bits per heavy atom. The lowest BCUT2D eigenvalue weighted by Gasteiger charge is -2.42. The topological polar surface area (TPSA) is 60.0 Å². The summed E-state index contributed by atoms with van der Waals surface area (Å²) in [7, 11) is -0.529. The maximum atomic E-state index is 10.1. The van der Waals surface area contributed by atoms with E-state index in [0.717, 1.165) is 56.3 Å². The summed E-state index contributed by atoms with van der Waals surface area (Å²) in [6.45, 7) is 20.3. The van der Waals surface area contributed by atoms with Crippen LogP contribution in [0.2, 0.25) is 16.6 Å². The van der Waals surface area contributed by atoms with Gasteiger partial charge in [0.2, 0.25) is 0 Å². The molecule has 2 N–H and O–H groups in total. The van der Waals surface area contributed by atoms with E-state index in [4.69, 9.17) is 13.9 Å².